The van der Waals surface area contributed by atoms with Crippen LogP contribution in [0.3, 0.4) is 0 Å². The number of aromatic nitrogens is 4. The van der Waals surface area contributed by atoms with E-state index in [2.05, 4.69) is 38.1 Å². The molecular formula is C30H20N4O2. The quantitative estimate of drug-likeness (QED) is 0.255. The van der Waals surface area contributed by atoms with E-state index in [4.69, 9.17) is 9.47 Å². The van der Waals surface area contributed by atoms with Crippen LogP contribution in [-0.2, 0) is 0 Å². The van der Waals surface area contributed by atoms with Gasteiger partial charge in [-0.25, -0.2) is 0 Å². The lowest BCUT2D eigenvalue weighted by atomic mass is 10.0. The lowest BCUT2D eigenvalue weighted by Crippen LogP contribution is -2.01. The average molecular weight is 469 g/mol. The zero-order valence-corrected chi connectivity index (χ0v) is 19.2. The van der Waals surface area contributed by atoms with Crippen LogP contribution in [0.25, 0.3) is 33.4 Å². The van der Waals surface area contributed by atoms with E-state index < -0.39 is 0 Å². The van der Waals surface area contributed by atoms with E-state index in [9.17, 15) is 0 Å². The first-order valence-corrected chi connectivity index (χ1v) is 11.5. The fourth-order valence-electron chi connectivity index (χ4n) is 3.81. The Morgan fingerprint density at radius 2 is 1.06 bits per heavy atom. The highest BCUT2D eigenvalue weighted by atomic mass is 16.5. The van der Waals surface area contributed by atoms with Gasteiger partial charge in [0.15, 0.2) is 5.82 Å². The number of benzene rings is 4. The predicted molar refractivity (Wildman–Crippen MR) is 139 cm³/mol. The molecule has 4 aromatic carbocycles. The van der Waals surface area contributed by atoms with Gasteiger partial charge < -0.3 is 9.47 Å². The van der Waals surface area contributed by atoms with E-state index in [1.807, 2.05) is 103 Å². The summed E-state index contributed by atoms with van der Waals surface area (Å²) in [5.41, 5.74) is 2.61. The Morgan fingerprint density at radius 3 is 1.72 bits per heavy atom. The number of rotatable bonds is 6. The first kappa shape index (κ1) is 21.4. The third-order valence-corrected chi connectivity index (χ3v) is 5.55. The Kier molecular flexibility index (Phi) is 5.74. The minimum atomic E-state index is 0.145. The van der Waals surface area contributed by atoms with Crippen molar-refractivity contribution in [3.8, 4) is 46.2 Å². The van der Waals surface area contributed by atoms with Gasteiger partial charge in [0.25, 0.3) is 0 Å². The molecule has 0 saturated heterocycles. The highest BCUT2D eigenvalue weighted by molar-refractivity contribution is 5.85. The van der Waals surface area contributed by atoms with Crippen molar-refractivity contribution in [3.63, 3.8) is 0 Å². The lowest BCUT2D eigenvalue weighted by molar-refractivity contribution is 0.398. The maximum absolute atomic E-state index is 5.93. The van der Waals surface area contributed by atoms with Crippen LogP contribution in [0.2, 0.25) is 0 Å². The maximum Gasteiger partial charge on any atom is 0.328 e. The Labute approximate surface area is 207 Å². The molecule has 0 unspecified atom stereocenters. The fourth-order valence-corrected chi connectivity index (χ4v) is 3.81. The molecule has 0 atom stereocenters. The molecule has 0 aliphatic heterocycles. The zero-order chi connectivity index (χ0) is 24.2. The molecule has 0 fully saturated rings. The predicted octanol–water partition coefficient (Wildman–Crippen LogP) is 7.34. The number of para-hydroxylation sites is 2. The molecule has 0 N–H and O–H groups in total. The van der Waals surface area contributed by atoms with Gasteiger partial charge in [-0.2, -0.15) is 9.97 Å². The van der Waals surface area contributed by atoms with E-state index in [1.54, 1.807) is 0 Å². The Hall–Kier alpha value is -5.10. The van der Waals surface area contributed by atoms with Gasteiger partial charge in [0.05, 0.1) is 5.69 Å². The van der Waals surface area contributed by atoms with Gasteiger partial charge in [0.1, 0.15) is 11.5 Å². The van der Waals surface area contributed by atoms with Crippen molar-refractivity contribution in [1.82, 2.24) is 19.9 Å². The standard InChI is InChI=1S/C30H20N4O2/c1-3-14-25(15-4-1)35-29-32-28(33-30(34-29)36-26-16-5-2-6-17-26)23-13-9-12-22(18-23)27-19-21-10-7-8-11-24(21)20-31-27/h1-20H. The summed E-state index contributed by atoms with van der Waals surface area (Å²) in [5, 5.41) is 2.23. The smallest absolute Gasteiger partial charge is 0.328 e. The summed E-state index contributed by atoms with van der Waals surface area (Å²) in [4.78, 5) is 18.2. The summed E-state index contributed by atoms with van der Waals surface area (Å²) < 4.78 is 11.9. The molecule has 0 aliphatic rings. The van der Waals surface area contributed by atoms with Crippen LogP contribution in [-0.4, -0.2) is 19.9 Å². The van der Waals surface area contributed by atoms with Gasteiger partial charge in [-0.05, 0) is 41.8 Å². The SMILES string of the molecule is c1ccc(Oc2nc(Oc3ccccc3)nc(-c3cccc(-c4cc5ccccc5cn4)c3)n2)cc1. The van der Waals surface area contributed by atoms with E-state index in [0.717, 1.165) is 27.6 Å². The van der Waals surface area contributed by atoms with Crippen LogP contribution < -0.4 is 9.47 Å². The molecule has 2 heterocycles. The third kappa shape index (κ3) is 4.74. The summed E-state index contributed by atoms with van der Waals surface area (Å²) in [6.45, 7) is 0. The van der Waals surface area contributed by atoms with Crippen molar-refractivity contribution in [2.75, 3.05) is 0 Å². The lowest BCUT2D eigenvalue weighted by Gasteiger charge is -2.10. The zero-order valence-electron chi connectivity index (χ0n) is 19.2. The number of ether oxygens (including phenoxy) is 2. The summed E-state index contributed by atoms with van der Waals surface area (Å²) in [7, 11) is 0. The third-order valence-electron chi connectivity index (χ3n) is 5.55. The molecule has 0 aliphatic carbocycles. The highest BCUT2D eigenvalue weighted by Crippen LogP contribution is 2.29. The van der Waals surface area contributed by atoms with E-state index in [-0.39, 0.29) is 12.0 Å². The topological polar surface area (TPSA) is 70.0 Å². The van der Waals surface area contributed by atoms with Crippen LogP contribution in [0.1, 0.15) is 0 Å². The van der Waals surface area contributed by atoms with E-state index >= 15 is 0 Å². The summed E-state index contributed by atoms with van der Waals surface area (Å²) in [5.74, 6) is 1.67. The second-order valence-corrected chi connectivity index (χ2v) is 8.05. The van der Waals surface area contributed by atoms with Gasteiger partial charge in [0.2, 0.25) is 0 Å². The average Bonchev–Trinajstić information content (AvgIpc) is 2.94. The van der Waals surface area contributed by atoms with Crippen molar-refractivity contribution in [3.05, 3.63) is 121 Å². The van der Waals surface area contributed by atoms with Gasteiger partial charge in [-0.3, -0.25) is 4.98 Å². The molecule has 0 saturated carbocycles. The molecule has 36 heavy (non-hydrogen) atoms. The van der Waals surface area contributed by atoms with Gasteiger partial charge in [-0.1, -0.05) is 78.9 Å². The largest absolute Gasteiger partial charge is 0.424 e. The fraction of sp³-hybridized carbons (Fsp3) is 0. The van der Waals surface area contributed by atoms with Crippen LogP contribution in [0, 0.1) is 0 Å². The van der Waals surface area contributed by atoms with Crippen molar-refractivity contribution < 1.29 is 9.47 Å². The highest BCUT2D eigenvalue weighted by Gasteiger charge is 2.14. The second-order valence-electron chi connectivity index (χ2n) is 8.05. The molecule has 6 aromatic rings. The second kappa shape index (κ2) is 9.64. The molecule has 6 nitrogen and oxygen atoms in total. The van der Waals surface area contributed by atoms with Gasteiger partial charge in [0, 0.05) is 22.7 Å². The van der Waals surface area contributed by atoms with Gasteiger partial charge in [-0.15, -0.1) is 4.98 Å². The summed E-state index contributed by atoms with van der Waals surface area (Å²) in [6, 6.07) is 37.2. The molecular weight excluding hydrogens is 448 g/mol. The maximum atomic E-state index is 5.93. The monoisotopic (exact) mass is 468 g/mol. The minimum Gasteiger partial charge on any atom is -0.424 e. The first-order valence-electron chi connectivity index (χ1n) is 11.5. The number of hydrogen-bond acceptors (Lipinski definition) is 6. The Morgan fingerprint density at radius 1 is 0.472 bits per heavy atom. The van der Waals surface area contributed by atoms with Crippen molar-refractivity contribution in [2.24, 2.45) is 0 Å². The Bertz CT molecular complexity index is 1580. The number of nitrogens with zero attached hydrogens (tertiary/aromatic N) is 4. The summed E-state index contributed by atoms with van der Waals surface area (Å²) >= 11 is 0. The molecule has 0 spiro atoms. The Balaban J connectivity index is 1.40. The van der Waals surface area contributed by atoms with Crippen molar-refractivity contribution in [1.29, 1.82) is 0 Å². The molecule has 0 bridgehead atoms. The van der Waals surface area contributed by atoms with Crippen molar-refractivity contribution in [2.45, 2.75) is 0 Å². The van der Waals surface area contributed by atoms with Crippen LogP contribution >= 0.6 is 0 Å². The number of pyridine rings is 1. The normalized spacial score (nSPS) is 10.8. The summed E-state index contributed by atoms with van der Waals surface area (Å²) in [6.07, 6.45) is 1.89. The molecule has 0 radical (unpaired) electrons. The molecule has 0 amide bonds. The molecule has 2 aromatic heterocycles. The van der Waals surface area contributed by atoms with Gasteiger partial charge >= 0.3 is 12.0 Å². The molecule has 6 heteroatoms. The van der Waals surface area contributed by atoms with Crippen LogP contribution in [0.4, 0.5) is 0 Å². The van der Waals surface area contributed by atoms with E-state index in [1.165, 1.54) is 0 Å². The van der Waals surface area contributed by atoms with E-state index in [0.29, 0.717) is 17.3 Å². The molecule has 6 rings (SSSR count). The van der Waals surface area contributed by atoms with Crippen LogP contribution in [0.5, 0.6) is 23.5 Å². The van der Waals surface area contributed by atoms with Crippen LogP contribution in [0.15, 0.2) is 121 Å². The first-order chi connectivity index (χ1) is 17.8. The molecule has 172 valence electrons. The number of hydrogen-bond donors (Lipinski definition) is 0. The van der Waals surface area contributed by atoms with Crippen molar-refractivity contribution >= 4 is 10.8 Å². The number of fused-ring (bicyclic) bond motifs is 1. The minimum absolute atomic E-state index is 0.145.